The molecule has 1 saturated carbocycles. The first kappa shape index (κ1) is 21.4. The molecule has 30 heavy (non-hydrogen) atoms. The number of likely N-dealkylation sites (tertiary alicyclic amines) is 1. The highest BCUT2D eigenvalue weighted by Crippen LogP contribution is 2.31. The van der Waals surface area contributed by atoms with Gasteiger partial charge >= 0.3 is 12.1 Å². The van der Waals surface area contributed by atoms with Gasteiger partial charge in [0.2, 0.25) is 0 Å². The minimum atomic E-state index is -0.0394. The van der Waals surface area contributed by atoms with Gasteiger partial charge in [0.15, 0.2) is 5.13 Å². The Morgan fingerprint density at radius 3 is 2.30 bits per heavy atom. The van der Waals surface area contributed by atoms with Crippen LogP contribution in [0.25, 0.3) is 0 Å². The van der Waals surface area contributed by atoms with Crippen molar-refractivity contribution in [2.45, 2.75) is 57.5 Å². The van der Waals surface area contributed by atoms with Crippen LogP contribution in [0.3, 0.4) is 0 Å². The monoisotopic (exact) mass is 435 g/mol. The molecule has 0 bridgehead atoms. The molecule has 2 aliphatic heterocycles. The molecule has 0 unspecified atom stereocenters. The topological polar surface area (TPSA) is 78.0 Å². The number of carbonyl (C=O) groups is 2. The van der Waals surface area contributed by atoms with Gasteiger partial charge in [-0.2, -0.15) is 0 Å². The minimum absolute atomic E-state index is 0.0394. The van der Waals surface area contributed by atoms with Crippen LogP contribution in [0.5, 0.6) is 0 Å². The third kappa shape index (κ3) is 5.06. The van der Waals surface area contributed by atoms with Crippen LogP contribution in [0.4, 0.5) is 14.7 Å². The van der Waals surface area contributed by atoms with E-state index in [-0.39, 0.29) is 24.1 Å². The summed E-state index contributed by atoms with van der Waals surface area (Å²) < 4.78 is 5.36. The minimum Gasteiger partial charge on any atom is -0.378 e. The van der Waals surface area contributed by atoms with Crippen LogP contribution in [0.1, 0.15) is 45.4 Å². The fraction of sp³-hybridized carbons (Fsp3) is 0.762. The summed E-state index contributed by atoms with van der Waals surface area (Å²) in [6.07, 6.45) is 7.81. The molecule has 1 aromatic heterocycles. The van der Waals surface area contributed by atoms with Crippen LogP contribution in [0.2, 0.25) is 0 Å². The van der Waals surface area contributed by atoms with Gasteiger partial charge in [0.25, 0.3) is 0 Å². The van der Waals surface area contributed by atoms with Crippen LogP contribution in [0, 0.1) is 5.92 Å². The van der Waals surface area contributed by atoms with Crippen molar-refractivity contribution < 1.29 is 14.3 Å². The van der Waals surface area contributed by atoms with Crippen molar-refractivity contribution in [3.8, 4) is 0 Å². The lowest BCUT2D eigenvalue weighted by Gasteiger charge is -2.44. The van der Waals surface area contributed by atoms with E-state index in [2.05, 4.69) is 22.1 Å². The number of nitrogens with one attached hydrogen (secondary N) is 1. The Balaban J connectivity index is 1.39. The SMILES string of the molecule is CC1CCC(N(C(=O)Nc2nccs2)C2CCN(C(=O)N3CCOCC3)CC2)CC1. The molecule has 166 valence electrons. The largest absolute Gasteiger partial charge is 0.378 e. The second-order valence-corrected chi connectivity index (χ2v) is 9.58. The van der Waals surface area contributed by atoms with Gasteiger partial charge in [-0.3, -0.25) is 5.32 Å². The highest BCUT2D eigenvalue weighted by Gasteiger charge is 2.36. The number of piperidine rings is 1. The molecule has 3 fully saturated rings. The van der Waals surface area contributed by atoms with Crippen LogP contribution in [-0.2, 0) is 4.74 Å². The van der Waals surface area contributed by atoms with Gasteiger partial charge in [0.1, 0.15) is 0 Å². The highest BCUT2D eigenvalue weighted by molar-refractivity contribution is 7.13. The smallest absolute Gasteiger partial charge is 0.324 e. The van der Waals surface area contributed by atoms with Gasteiger partial charge in [-0.05, 0) is 44.4 Å². The molecule has 2 saturated heterocycles. The first-order chi connectivity index (χ1) is 14.6. The molecule has 3 heterocycles. The van der Waals surface area contributed by atoms with Gasteiger partial charge in [-0.15, -0.1) is 11.3 Å². The van der Waals surface area contributed by atoms with E-state index in [1.165, 1.54) is 24.2 Å². The average molecular weight is 436 g/mol. The zero-order chi connectivity index (χ0) is 20.9. The summed E-state index contributed by atoms with van der Waals surface area (Å²) in [5.74, 6) is 0.734. The molecule has 0 radical (unpaired) electrons. The van der Waals surface area contributed by atoms with Crippen molar-refractivity contribution in [1.29, 1.82) is 0 Å². The number of anilines is 1. The lowest BCUT2D eigenvalue weighted by atomic mass is 9.85. The summed E-state index contributed by atoms with van der Waals surface area (Å²) in [6, 6.07) is 0.509. The Kier molecular flexibility index (Phi) is 7.09. The maximum absolute atomic E-state index is 13.2. The van der Waals surface area contributed by atoms with Crippen molar-refractivity contribution in [3.05, 3.63) is 11.6 Å². The number of aromatic nitrogens is 1. The van der Waals surface area contributed by atoms with Crippen LogP contribution < -0.4 is 5.32 Å². The van der Waals surface area contributed by atoms with Gasteiger partial charge < -0.3 is 19.4 Å². The fourth-order valence-corrected chi connectivity index (χ4v) is 5.40. The number of amides is 4. The summed E-state index contributed by atoms with van der Waals surface area (Å²) in [5, 5.41) is 5.53. The molecule has 0 spiro atoms. The molecule has 4 rings (SSSR count). The quantitative estimate of drug-likeness (QED) is 0.789. The number of carbonyl (C=O) groups excluding carboxylic acids is 2. The second-order valence-electron chi connectivity index (χ2n) is 8.69. The van der Waals surface area contributed by atoms with Crippen LogP contribution in [-0.4, -0.2) is 83.2 Å². The number of hydrogen-bond acceptors (Lipinski definition) is 5. The Hall–Kier alpha value is -1.87. The zero-order valence-electron chi connectivity index (χ0n) is 17.8. The lowest BCUT2D eigenvalue weighted by Crippen LogP contribution is -2.56. The third-order valence-corrected chi connectivity index (χ3v) is 7.36. The standard InChI is InChI=1S/C21H33N5O3S/c1-16-2-4-17(5-3-16)26(20(27)23-19-22-8-15-30-19)18-6-9-24(10-7-18)21(28)25-11-13-29-14-12-25/h8,15-18H,2-7,9-14H2,1H3,(H,22,23,27). The number of morpholine rings is 1. The van der Waals surface area contributed by atoms with E-state index >= 15 is 0 Å². The van der Waals surface area contributed by atoms with Crippen molar-refractivity contribution in [2.75, 3.05) is 44.7 Å². The number of rotatable bonds is 3. The van der Waals surface area contributed by atoms with Gasteiger partial charge in [-0.25, -0.2) is 14.6 Å². The van der Waals surface area contributed by atoms with Gasteiger partial charge in [0.05, 0.1) is 13.2 Å². The maximum Gasteiger partial charge on any atom is 0.324 e. The number of hydrogen-bond donors (Lipinski definition) is 1. The molecule has 1 aromatic rings. The zero-order valence-corrected chi connectivity index (χ0v) is 18.6. The van der Waals surface area contributed by atoms with E-state index in [1.807, 2.05) is 15.2 Å². The van der Waals surface area contributed by atoms with E-state index < -0.39 is 0 Å². The van der Waals surface area contributed by atoms with E-state index in [1.54, 1.807) is 6.20 Å². The average Bonchev–Trinajstić information content (AvgIpc) is 3.29. The molecule has 8 nitrogen and oxygen atoms in total. The summed E-state index contributed by atoms with van der Waals surface area (Å²) >= 11 is 1.44. The Morgan fingerprint density at radius 1 is 1.03 bits per heavy atom. The predicted octanol–water partition coefficient (Wildman–Crippen LogP) is 3.47. The van der Waals surface area contributed by atoms with E-state index in [4.69, 9.17) is 4.74 Å². The highest BCUT2D eigenvalue weighted by atomic mass is 32.1. The van der Waals surface area contributed by atoms with Crippen molar-refractivity contribution in [2.24, 2.45) is 5.92 Å². The Labute approximate surface area is 182 Å². The molecule has 1 aliphatic carbocycles. The molecule has 9 heteroatoms. The number of nitrogens with zero attached hydrogens (tertiary/aromatic N) is 4. The van der Waals surface area contributed by atoms with E-state index in [0.29, 0.717) is 44.5 Å². The summed E-state index contributed by atoms with van der Waals surface area (Å²) in [7, 11) is 0. The van der Waals surface area contributed by atoms with Crippen LogP contribution >= 0.6 is 11.3 Å². The number of urea groups is 2. The fourth-order valence-electron chi connectivity index (χ4n) is 4.88. The first-order valence-electron chi connectivity index (χ1n) is 11.2. The number of thiazole rings is 1. The molecule has 0 atom stereocenters. The molecule has 3 aliphatic rings. The second kappa shape index (κ2) is 9.96. The van der Waals surface area contributed by atoms with Crippen molar-refractivity contribution >= 4 is 28.5 Å². The lowest BCUT2D eigenvalue weighted by molar-refractivity contribution is 0.0362. The van der Waals surface area contributed by atoms with E-state index in [9.17, 15) is 9.59 Å². The maximum atomic E-state index is 13.2. The Bertz CT molecular complexity index is 694. The Morgan fingerprint density at radius 2 is 1.67 bits per heavy atom. The summed E-state index contributed by atoms with van der Waals surface area (Å²) in [5.41, 5.74) is 0. The van der Waals surface area contributed by atoms with Crippen LogP contribution in [0.15, 0.2) is 11.6 Å². The predicted molar refractivity (Wildman–Crippen MR) is 117 cm³/mol. The van der Waals surface area contributed by atoms with Crippen molar-refractivity contribution in [3.63, 3.8) is 0 Å². The third-order valence-electron chi connectivity index (χ3n) is 6.67. The summed E-state index contributed by atoms with van der Waals surface area (Å²) in [6.45, 7) is 6.27. The first-order valence-corrected chi connectivity index (χ1v) is 12.1. The molecule has 1 N–H and O–H groups in total. The molecular formula is C21H33N5O3S. The summed E-state index contributed by atoms with van der Waals surface area (Å²) in [4.78, 5) is 36.2. The molecule has 0 aromatic carbocycles. The van der Waals surface area contributed by atoms with Gasteiger partial charge in [-0.1, -0.05) is 6.92 Å². The molecule has 4 amide bonds. The van der Waals surface area contributed by atoms with E-state index in [0.717, 1.165) is 31.6 Å². The number of ether oxygens (including phenoxy) is 1. The normalized spacial score (nSPS) is 25.8. The molecular weight excluding hydrogens is 402 g/mol. The van der Waals surface area contributed by atoms with Crippen molar-refractivity contribution in [1.82, 2.24) is 19.7 Å². The van der Waals surface area contributed by atoms with Gasteiger partial charge in [0, 0.05) is 49.8 Å².